The number of anilines is 2. The highest BCUT2D eigenvalue weighted by Crippen LogP contribution is 2.46. The Kier molecular flexibility index (Phi) is 5.66. The largest absolute Gasteiger partial charge is 0.354 e. The minimum absolute atomic E-state index is 0.0118. The van der Waals surface area contributed by atoms with E-state index in [9.17, 15) is 14.4 Å². The lowest BCUT2D eigenvalue weighted by Gasteiger charge is -2.47. The number of hydrogen-bond acceptors (Lipinski definition) is 9. The van der Waals surface area contributed by atoms with E-state index >= 15 is 0 Å². The van der Waals surface area contributed by atoms with E-state index in [0.29, 0.717) is 0 Å². The summed E-state index contributed by atoms with van der Waals surface area (Å²) in [5.74, 6) is 0.592. The molecule has 190 valence electrons. The highest BCUT2D eigenvalue weighted by Gasteiger charge is 2.59. The van der Waals surface area contributed by atoms with Gasteiger partial charge in [0.05, 0.1) is 18.3 Å². The number of allylic oxidation sites excluding steroid dienone is 1. The van der Waals surface area contributed by atoms with Crippen LogP contribution in [0.5, 0.6) is 0 Å². The second-order valence-electron chi connectivity index (χ2n) is 10.3. The maximum atomic E-state index is 13.9. The van der Waals surface area contributed by atoms with Gasteiger partial charge in [-0.2, -0.15) is 0 Å². The van der Waals surface area contributed by atoms with Crippen molar-refractivity contribution in [2.75, 3.05) is 43.4 Å². The van der Waals surface area contributed by atoms with E-state index in [1.54, 1.807) is 11.1 Å². The SMILES string of the molecule is CN1C2=C(C=NC1Nc1ccc(N3CCNCC3)nc1)CC1(CC(=O)NC1=O)C(=O)N2C1CCCC1. The first-order valence-corrected chi connectivity index (χ1v) is 12.8. The van der Waals surface area contributed by atoms with E-state index in [1.165, 1.54) is 0 Å². The van der Waals surface area contributed by atoms with Gasteiger partial charge in [-0.25, -0.2) is 9.98 Å². The van der Waals surface area contributed by atoms with E-state index in [4.69, 9.17) is 4.99 Å². The number of nitrogens with one attached hydrogen (secondary N) is 3. The maximum absolute atomic E-state index is 13.9. The smallest absolute Gasteiger partial charge is 0.244 e. The van der Waals surface area contributed by atoms with E-state index in [1.807, 2.05) is 30.3 Å². The van der Waals surface area contributed by atoms with E-state index < -0.39 is 17.6 Å². The van der Waals surface area contributed by atoms with Gasteiger partial charge in [0.25, 0.3) is 0 Å². The number of carbonyl (C=O) groups is 3. The van der Waals surface area contributed by atoms with Crippen LogP contribution in [0.1, 0.15) is 38.5 Å². The lowest BCUT2D eigenvalue weighted by molar-refractivity contribution is -0.151. The van der Waals surface area contributed by atoms with Crippen LogP contribution in [0.4, 0.5) is 11.5 Å². The van der Waals surface area contributed by atoms with Crippen LogP contribution >= 0.6 is 0 Å². The minimum Gasteiger partial charge on any atom is -0.354 e. The lowest BCUT2D eigenvalue weighted by atomic mass is 9.75. The van der Waals surface area contributed by atoms with Crippen LogP contribution in [0.3, 0.4) is 0 Å². The van der Waals surface area contributed by atoms with Crippen molar-refractivity contribution in [1.82, 2.24) is 25.4 Å². The normalized spacial score (nSPS) is 28.9. The van der Waals surface area contributed by atoms with Gasteiger partial charge < -0.3 is 20.4 Å². The van der Waals surface area contributed by atoms with Crippen LogP contribution in [0, 0.1) is 5.41 Å². The number of amides is 3. The number of aliphatic imine (C=N–C) groups is 1. The summed E-state index contributed by atoms with van der Waals surface area (Å²) in [7, 11) is 1.92. The quantitative estimate of drug-likeness (QED) is 0.413. The molecule has 1 spiro atoms. The van der Waals surface area contributed by atoms with Crippen molar-refractivity contribution < 1.29 is 14.4 Å². The maximum Gasteiger partial charge on any atom is 0.244 e. The fraction of sp³-hybridized carbons (Fsp3) is 0.560. The van der Waals surface area contributed by atoms with E-state index in [-0.39, 0.29) is 30.7 Å². The van der Waals surface area contributed by atoms with Crippen molar-refractivity contribution in [1.29, 1.82) is 0 Å². The molecule has 2 atom stereocenters. The Balaban J connectivity index is 1.26. The number of hydrogen-bond donors (Lipinski definition) is 3. The van der Waals surface area contributed by atoms with Crippen LogP contribution < -0.4 is 20.9 Å². The molecular weight excluding hydrogens is 460 g/mol. The molecule has 1 saturated carbocycles. The average Bonchev–Trinajstić information content (AvgIpc) is 3.51. The van der Waals surface area contributed by atoms with Crippen molar-refractivity contribution in [3.63, 3.8) is 0 Å². The Labute approximate surface area is 210 Å². The van der Waals surface area contributed by atoms with Gasteiger partial charge >= 0.3 is 0 Å². The molecule has 0 radical (unpaired) electrons. The third-order valence-electron chi connectivity index (χ3n) is 8.03. The summed E-state index contributed by atoms with van der Waals surface area (Å²) in [6, 6.07) is 4.03. The predicted molar refractivity (Wildman–Crippen MR) is 134 cm³/mol. The van der Waals surface area contributed by atoms with Crippen LogP contribution in [-0.2, 0) is 14.4 Å². The topological polar surface area (TPSA) is 122 Å². The van der Waals surface area contributed by atoms with Gasteiger partial charge in [-0.15, -0.1) is 0 Å². The third kappa shape index (κ3) is 3.73. The number of pyridine rings is 1. The number of imide groups is 1. The molecule has 3 N–H and O–H groups in total. The summed E-state index contributed by atoms with van der Waals surface area (Å²) in [6.45, 7) is 3.77. The number of piperazine rings is 1. The van der Waals surface area contributed by atoms with Crippen molar-refractivity contribution in [3.05, 3.63) is 29.7 Å². The zero-order valence-corrected chi connectivity index (χ0v) is 20.5. The monoisotopic (exact) mass is 492 g/mol. The summed E-state index contributed by atoms with van der Waals surface area (Å²) in [5.41, 5.74) is 0.285. The number of aromatic nitrogens is 1. The molecule has 5 aliphatic rings. The number of carbonyl (C=O) groups excluding carboxylic acids is 3. The number of nitrogens with zero attached hydrogens (tertiary/aromatic N) is 5. The first-order valence-electron chi connectivity index (χ1n) is 12.8. The molecule has 11 heteroatoms. The van der Waals surface area contributed by atoms with Gasteiger partial charge in [0, 0.05) is 57.5 Å². The Morgan fingerprint density at radius 2 is 1.86 bits per heavy atom. The molecule has 6 rings (SSSR count). The zero-order chi connectivity index (χ0) is 24.9. The van der Waals surface area contributed by atoms with Crippen LogP contribution in [0.15, 0.2) is 34.7 Å². The van der Waals surface area contributed by atoms with Gasteiger partial charge in [-0.05, 0) is 25.0 Å². The Morgan fingerprint density at radius 3 is 2.53 bits per heavy atom. The summed E-state index contributed by atoms with van der Waals surface area (Å²) in [4.78, 5) is 54.3. The molecule has 3 fully saturated rings. The molecule has 11 nitrogen and oxygen atoms in total. The fourth-order valence-corrected chi connectivity index (χ4v) is 6.13. The molecule has 36 heavy (non-hydrogen) atoms. The third-order valence-corrected chi connectivity index (χ3v) is 8.03. The van der Waals surface area contributed by atoms with E-state index in [2.05, 4.69) is 25.8 Å². The van der Waals surface area contributed by atoms with Crippen LogP contribution in [-0.4, -0.2) is 84.3 Å². The molecule has 1 aliphatic carbocycles. The fourth-order valence-electron chi connectivity index (χ4n) is 6.13. The summed E-state index contributed by atoms with van der Waals surface area (Å²) in [5, 5.41) is 9.14. The second kappa shape index (κ2) is 8.88. The van der Waals surface area contributed by atoms with Gasteiger partial charge in [0.1, 0.15) is 17.1 Å². The molecule has 2 unspecified atom stereocenters. The van der Waals surface area contributed by atoms with Crippen LogP contribution in [0.2, 0.25) is 0 Å². The minimum atomic E-state index is -1.37. The second-order valence-corrected chi connectivity index (χ2v) is 10.3. The Bertz CT molecular complexity index is 1140. The van der Waals surface area contributed by atoms with Crippen molar-refractivity contribution in [2.24, 2.45) is 10.4 Å². The Hall–Kier alpha value is -3.47. The molecule has 4 aliphatic heterocycles. The summed E-state index contributed by atoms with van der Waals surface area (Å²) in [6.07, 6.45) is 7.08. The molecule has 1 aromatic heterocycles. The molecule has 5 heterocycles. The van der Waals surface area contributed by atoms with Crippen molar-refractivity contribution in [3.8, 4) is 0 Å². The summed E-state index contributed by atoms with van der Waals surface area (Å²) < 4.78 is 0. The molecule has 3 amide bonds. The van der Waals surface area contributed by atoms with Crippen molar-refractivity contribution >= 4 is 35.4 Å². The average molecular weight is 493 g/mol. The van der Waals surface area contributed by atoms with Gasteiger partial charge in [-0.3, -0.25) is 24.6 Å². The lowest BCUT2D eigenvalue weighted by Crippen LogP contribution is -2.59. The molecule has 0 bridgehead atoms. The van der Waals surface area contributed by atoms with Crippen LogP contribution in [0.25, 0.3) is 0 Å². The first-order chi connectivity index (χ1) is 17.5. The Morgan fingerprint density at radius 1 is 1.08 bits per heavy atom. The van der Waals surface area contributed by atoms with Crippen molar-refractivity contribution in [2.45, 2.75) is 50.9 Å². The van der Waals surface area contributed by atoms with E-state index in [0.717, 1.165) is 74.8 Å². The highest BCUT2D eigenvalue weighted by molar-refractivity contribution is 6.19. The molecule has 2 saturated heterocycles. The molecule has 0 aromatic carbocycles. The zero-order valence-electron chi connectivity index (χ0n) is 20.5. The van der Waals surface area contributed by atoms with Gasteiger partial charge in [0.15, 0.2) is 6.29 Å². The molecule has 1 aromatic rings. The highest BCUT2D eigenvalue weighted by atomic mass is 16.2. The van der Waals surface area contributed by atoms with Gasteiger partial charge in [-0.1, -0.05) is 12.8 Å². The predicted octanol–water partition coefficient (Wildman–Crippen LogP) is 0.622. The summed E-state index contributed by atoms with van der Waals surface area (Å²) >= 11 is 0. The standard InChI is InChI=1S/C25H32N8O3/c1-31-21-16(12-25(13-20(34)30-22(25)35)23(36)33(21)18-4-2-3-5-18)14-28-24(31)29-17-6-7-19(27-15-17)32-10-8-26-9-11-32/h6-7,14-15,18,24,26,29H,2-5,8-13H2,1H3,(H,30,34,35). The molecular formula is C25H32N8O3. The first kappa shape index (κ1) is 23.0. The van der Waals surface area contributed by atoms with Gasteiger partial charge in [0.2, 0.25) is 17.7 Å². The number of rotatable bonds is 4.